The van der Waals surface area contributed by atoms with E-state index in [0.717, 1.165) is 12.4 Å². The molecule has 0 aliphatic heterocycles. The first-order valence-corrected chi connectivity index (χ1v) is 6.97. The molecule has 2 rings (SSSR count). The second-order valence-corrected chi connectivity index (χ2v) is 4.73. The number of carbonyl (C=O) groups is 3. The van der Waals surface area contributed by atoms with Gasteiger partial charge in [-0.25, -0.2) is 4.79 Å². The first-order valence-electron chi connectivity index (χ1n) is 6.97. The van der Waals surface area contributed by atoms with Crippen molar-refractivity contribution in [2.45, 2.75) is 0 Å². The molecular formula is C16H15N3O5. The molecule has 0 spiro atoms. The number of hydrogen-bond donors (Lipinski definition) is 2. The molecule has 0 bridgehead atoms. The van der Waals surface area contributed by atoms with E-state index in [1.807, 2.05) is 0 Å². The van der Waals surface area contributed by atoms with E-state index in [4.69, 9.17) is 4.74 Å². The van der Waals surface area contributed by atoms with Crippen LogP contribution in [0.3, 0.4) is 0 Å². The van der Waals surface area contributed by atoms with Crippen molar-refractivity contribution >= 4 is 23.5 Å². The average molecular weight is 329 g/mol. The van der Waals surface area contributed by atoms with Gasteiger partial charge in [-0.2, -0.15) is 4.73 Å². The lowest BCUT2D eigenvalue weighted by Crippen LogP contribution is -2.25. The normalized spacial score (nSPS) is 9.88. The molecule has 24 heavy (non-hydrogen) atoms. The third-order valence-corrected chi connectivity index (χ3v) is 3.03. The number of nitrogens with one attached hydrogen (secondary N) is 2. The summed E-state index contributed by atoms with van der Waals surface area (Å²) in [6.07, 6.45) is 2.31. The van der Waals surface area contributed by atoms with Gasteiger partial charge in [-0.1, -0.05) is 0 Å². The Morgan fingerprint density at radius 2 is 1.67 bits per heavy atom. The minimum Gasteiger partial charge on any atom is -0.619 e. The highest BCUT2D eigenvalue weighted by Gasteiger charge is 2.11. The standard InChI is InChI=1S/C16H15N3O5/c1-17-15(21)11-2-4-13(5-3-11)18-14(20)10-24-16(22)12-6-8-19(23)9-7-12/h2-9H,10H2,1H3,(H,17,21)(H,18,20). The van der Waals surface area contributed by atoms with Crippen LogP contribution in [0, 0.1) is 5.21 Å². The van der Waals surface area contributed by atoms with E-state index in [-0.39, 0.29) is 11.5 Å². The summed E-state index contributed by atoms with van der Waals surface area (Å²) in [5.74, 6) is -1.46. The highest BCUT2D eigenvalue weighted by Crippen LogP contribution is 2.09. The van der Waals surface area contributed by atoms with Gasteiger partial charge in [0.25, 0.3) is 11.8 Å². The fourth-order valence-corrected chi connectivity index (χ4v) is 1.81. The van der Waals surface area contributed by atoms with Crippen LogP contribution < -0.4 is 15.4 Å². The van der Waals surface area contributed by atoms with E-state index >= 15 is 0 Å². The molecule has 0 atom stereocenters. The number of aromatic nitrogens is 1. The Morgan fingerprint density at radius 1 is 1.04 bits per heavy atom. The van der Waals surface area contributed by atoms with Crippen LogP contribution in [-0.4, -0.2) is 31.4 Å². The molecule has 0 aliphatic rings. The number of rotatable bonds is 5. The summed E-state index contributed by atoms with van der Waals surface area (Å²) in [5, 5.41) is 15.9. The molecule has 1 heterocycles. The minimum absolute atomic E-state index is 0.171. The summed E-state index contributed by atoms with van der Waals surface area (Å²) in [6.45, 7) is -0.470. The maximum atomic E-state index is 11.8. The molecule has 2 aromatic rings. The van der Waals surface area contributed by atoms with Gasteiger partial charge in [0.1, 0.15) is 0 Å². The first kappa shape index (κ1) is 16.9. The minimum atomic E-state index is -0.708. The fraction of sp³-hybridized carbons (Fsp3) is 0.125. The van der Waals surface area contributed by atoms with Crippen molar-refractivity contribution in [3.63, 3.8) is 0 Å². The Labute approximate surface area is 137 Å². The predicted molar refractivity (Wildman–Crippen MR) is 84.1 cm³/mol. The summed E-state index contributed by atoms with van der Waals surface area (Å²) in [4.78, 5) is 34.9. The van der Waals surface area contributed by atoms with Gasteiger partial charge in [0.05, 0.1) is 5.56 Å². The van der Waals surface area contributed by atoms with Crippen molar-refractivity contribution in [1.29, 1.82) is 0 Å². The zero-order chi connectivity index (χ0) is 17.5. The number of pyridine rings is 1. The Morgan fingerprint density at radius 3 is 2.25 bits per heavy atom. The highest BCUT2D eigenvalue weighted by atomic mass is 16.5. The monoisotopic (exact) mass is 329 g/mol. The molecule has 1 aromatic heterocycles. The van der Waals surface area contributed by atoms with E-state index in [2.05, 4.69) is 10.6 Å². The maximum absolute atomic E-state index is 11.8. The smallest absolute Gasteiger partial charge is 0.339 e. The second kappa shape index (κ2) is 7.73. The van der Waals surface area contributed by atoms with Crippen LogP contribution >= 0.6 is 0 Å². The van der Waals surface area contributed by atoms with Gasteiger partial charge in [0, 0.05) is 30.4 Å². The number of benzene rings is 1. The van der Waals surface area contributed by atoms with Crippen molar-refractivity contribution in [3.05, 3.63) is 65.1 Å². The molecule has 8 nitrogen and oxygen atoms in total. The van der Waals surface area contributed by atoms with Crippen molar-refractivity contribution < 1.29 is 23.9 Å². The Kier molecular flexibility index (Phi) is 5.45. The molecule has 0 fully saturated rings. The Bertz CT molecular complexity index is 741. The van der Waals surface area contributed by atoms with E-state index < -0.39 is 18.5 Å². The molecular weight excluding hydrogens is 314 g/mol. The van der Waals surface area contributed by atoms with Gasteiger partial charge >= 0.3 is 5.97 Å². The summed E-state index contributed by atoms with van der Waals surface area (Å²) in [6, 6.07) is 8.84. The lowest BCUT2D eigenvalue weighted by molar-refractivity contribution is -0.605. The fourth-order valence-electron chi connectivity index (χ4n) is 1.81. The van der Waals surface area contributed by atoms with E-state index in [9.17, 15) is 19.6 Å². The van der Waals surface area contributed by atoms with Gasteiger partial charge in [-0.15, -0.1) is 0 Å². The number of nitrogens with zero attached hydrogens (tertiary/aromatic N) is 1. The maximum Gasteiger partial charge on any atom is 0.339 e. The zero-order valence-electron chi connectivity index (χ0n) is 12.8. The SMILES string of the molecule is CNC(=O)c1ccc(NC(=O)COC(=O)c2cc[n+]([O-])cc2)cc1. The molecule has 0 unspecified atom stereocenters. The van der Waals surface area contributed by atoms with Gasteiger partial charge in [-0.3, -0.25) is 9.59 Å². The van der Waals surface area contributed by atoms with Gasteiger partial charge in [0.15, 0.2) is 19.0 Å². The van der Waals surface area contributed by atoms with E-state index in [1.54, 1.807) is 24.3 Å². The summed E-state index contributed by atoms with van der Waals surface area (Å²) >= 11 is 0. The van der Waals surface area contributed by atoms with E-state index in [1.165, 1.54) is 19.2 Å². The number of carbonyl (C=O) groups excluding carboxylic acids is 3. The lowest BCUT2D eigenvalue weighted by Gasteiger charge is -2.07. The first-order chi connectivity index (χ1) is 11.5. The van der Waals surface area contributed by atoms with Crippen LogP contribution in [0.25, 0.3) is 0 Å². The van der Waals surface area contributed by atoms with Crippen LogP contribution in [0.1, 0.15) is 20.7 Å². The molecule has 0 aliphatic carbocycles. The van der Waals surface area contributed by atoms with Crippen LogP contribution in [0.2, 0.25) is 0 Å². The van der Waals surface area contributed by atoms with Gasteiger partial charge in [-0.05, 0) is 24.3 Å². The summed E-state index contributed by atoms with van der Waals surface area (Å²) in [7, 11) is 1.52. The molecule has 0 saturated heterocycles. The number of esters is 1. The van der Waals surface area contributed by atoms with Crippen molar-refractivity contribution in [3.8, 4) is 0 Å². The predicted octanol–water partition coefficient (Wildman–Crippen LogP) is 0.475. The number of hydrogen-bond acceptors (Lipinski definition) is 5. The Hall–Kier alpha value is -3.42. The molecule has 0 saturated carbocycles. The van der Waals surface area contributed by atoms with Crippen LogP contribution in [0.5, 0.6) is 0 Å². The molecule has 124 valence electrons. The average Bonchev–Trinajstić information content (AvgIpc) is 2.60. The van der Waals surface area contributed by atoms with Crippen LogP contribution in [-0.2, 0) is 9.53 Å². The second-order valence-electron chi connectivity index (χ2n) is 4.73. The molecule has 2 N–H and O–H groups in total. The third-order valence-electron chi connectivity index (χ3n) is 3.03. The Balaban J connectivity index is 1.85. The summed E-state index contributed by atoms with van der Waals surface area (Å²) in [5.41, 5.74) is 1.10. The lowest BCUT2D eigenvalue weighted by atomic mass is 10.2. The van der Waals surface area contributed by atoms with Crippen molar-refractivity contribution in [1.82, 2.24) is 5.32 Å². The van der Waals surface area contributed by atoms with Crippen molar-refractivity contribution in [2.24, 2.45) is 0 Å². The van der Waals surface area contributed by atoms with Gasteiger partial charge in [0.2, 0.25) is 0 Å². The summed E-state index contributed by atoms with van der Waals surface area (Å²) < 4.78 is 5.39. The van der Waals surface area contributed by atoms with Crippen LogP contribution in [0.15, 0.2) is 48.8 Å². The molecule has 0 radical (unpaired) electrons. The third kappa shape index (κ3) is 4.54. The van der Waals surface area contributed by atoms with Crippen molar-refractivity contribution in [2.75, 3.05) is 19.0 Å². The van der Waals surface area contributed by atoms with Gasteiger partial charge < -0.3 is 20.6 Å². The highest BCUT2D eigenvalue weighted by molar-refractivity contribution is 5.97. The molecule has 2 amide bonds. The number of anilines is 1. The zero-order valence-corrected chi connectivity index (χ0v) is 12.8. The molecule has 1 aromatic carbocycles. The number of ether oxygens (including phenoxy) is 1. The largest absolute Gasteiger partial charge is 0.619 e. The quantitative estimate of drug-likeness (QED) is 0.471. The number of amides is 2. The van der Waals surface area contributed by atoms with Crippen LogP contribution in [0.4, 0.5) is 5.69 Å². The topological polar surface area (TPSA) is 111 Å². The van der Waals surface area contributed by atoms with E-state index in [0.29, 0.717) is 16.0 Å². The molecule has 8 heteroatoms.